The van der Waals surface area contributed by atoms with E-state index in [1.807, 2.05) is 4.90 Å². The van der Waals surface area contributed by atoms with Gasteiger partial charge in [-0.25, -0.2) is 0 Å². The van der Waals surface area contributed by atoms with Crippen molar-refractivity contribution in [2.24, 2.45) is 0 Å². The number of carbonyl (C=O) groups excluding carboxylic acids is 1. The molecule has 0 saturated carbocycles. The summed E-state index contributed by atoms with van der Waals surface area (Å²) in [5.74, 6) is 1.13. The van der Waals surface area contributed by atoms with Crippen LogP contribution in [0.15, 0.2) is 28.7 Å². The molecule has 2 heterocycles. The van der Waals surface area contributed by atoms with Crippen molar-refractivity contribution < 1.29 is 9.21 Å². The van der Waals surface area contributed by atoms with E-state index in [0.29, 0.717) is 12.0 Å². The second-order valence-electron chi connectivity index (χ2n) is 2.90. The summed E-state index contributed by atoms with van der Waals surface area (Å²) in [6.45, 7) is 5.49. The lowest BCUT2D eigenvalue weighted by atomic mass is 10.1. The maximum absolute atomic E-state index is 10.3. The van der Waals surface area contributed by atoms with Crippen LogP contribution in [-0.4, -0.2) is 19.4 Å². The molecule has 0 bridgehead atoms. The third-order valence-electron chi connectivity index (χ3n) is 1.87. The normalized spacial score (nSPS) is 16.0. The van der Waals surface area contributed by atoms with Gasteiger partial charge in [0, 0.05) is 19.2 Å². The smallest absolute Gasteiger partial charge is 0.196 e. The number of nitrogens with zero attached hydrogens (tertiary/aromatic N) is 1. The Morgan fingerprint density at radius 3 is 2.75 bits per heavy atom. The van der Waals surface area contributed by atoms with Gasteiger partial charge in [-0.05, 0) is 11.6 Å². The van der Waals surface area contributed by atoms with E-state index < -0.39 is 0 Å². The van der Waals surface area contributed by atoms with Gasteiger partial charge in [0.15, 0.2) is 17.9 Å². The van der Waals surface area contributed by atoms with Gasteiger partial charge in [-0.3, -0.25) is 4.79 Å². The van der Waals surface area contributed by atoms with Gasteiger partial charge in [0.25, 0.3) is 0 Å². The Hall–Kier alpha value is -1.51. The Labute approximate surface area is 70.3 Å². The van der Waals surface area contributed by atoms with Crippen LogP contribution in [0.5, 0.6) is 0 Å². The highest BCUT2D eigenvalue weighted by Crippen LogP contribution is 2.24. The number of hydrogen-bond donors (Lipinski definition) is 0. The molecule has 1 aromatic rings. The first kappa shape index (κ1) is 7.16. The van der Waals surface area contributed by atoms with Crippen molar-refractivity contribution in [3.05, 3.63) is 30.0 Å². The first-order valence-corrected chi connectivity index (χ1v) is 3.76. The van der Waals surface area contributed by atoms with E-state index in [1.165, 1.54) is 5.57 Å². The molecule has 1 fully saturated rings. The lowest BCUT2D eigenvalue weighted by Gasteiger charge is -2.32. The van der Waals surface area contributed by atoms with Gasteiger partial charge in [-0.2, -0.15) is 0 Å². The van der Waals surface area contributed by atoms with E-state index >= 15 is 0 Å². The molecule has 1 saturated heterocycles. The summed E-state index contributed by atoms with van der Waals surface area (Å²) in [5, 5.41) is 0. The summed E-state index contributed by atoms with van der Waals surface area (Å²) >= 11 is 0. The van der Waals surface area contributed by atoms with Crippen molar-refractivity contribution in [3.8, 4) is 0 Å². The first-order valence-electron chi connectivity index (χ1n) is 3.76. The van der Waals surface area contributed by atoms with E-state index in [-0.39, 0.29) is 0 Å². The van der Waals surface area contributed by atoms with Crippen molar-refractivity contribution in [2.75, 3.05) is 18.0 Å². The summed E-state index contributed by atoms with van der Waals surface area (Å²) in [6, 6.07) is 3.47. The Kier molecular flexibility index (Phi) is 1.50. The van der Waals surface area contributed by atoms with Crippen LogP contribution in [-0.2, 0) is 0 Å². The zero-order valence-electron chi connectivity index (χ0n) is 6.62. The largest absolute Gasteiger partial charge is 0.438 e. The molecule has 62 valence electrons. The number of carbonyl (C=O) groups is 1. The minimum atomic E-state index is 0.377. The van der Waals surface area contributed by atoms with Crippen LogP contribution in [0.4, 0.5) is 5.88 Å². The second-order valence-corrected chi connectivity index (χ2v) is 2.90. The minimum absolute atomic E-state index is 0.377. The van der Waals surface area contributed by atoms with Gasteiger partial charge < -0.3 is 9.32 Å². The van der Waals surface area contributed by atoms with Gasteiger partial charge in [-0.1, -0.05) is 6.58 Å². The van der Waals surface area contributed by atoms with E-state index in [9.17, 15) is 4.79 Å². The van der Waals surface area contributed by atoms with Gasteiger partial charge in [-0.15, -0.1) is 0 Å². The predicted octanol–water partition coefficient (Wildman–Crippen LogP) is 1.47. The standard InChI is InChI=1S/C9H9NO2/c1-7-4-10(5-7)9-3-2-8(6-11)12-9/h2-3,6H,1,4-5H2. The fraction of sp³-hybridized carbons (Fsp3) is 0.222. The van der Waals surface area contributed by atoms with Crippen LogP contribution >= 0.6 is 0 Å². The molecule has 2 rings (SSSR count). The van der Waals surface area contributed by atoms with E-state index in [2.05, 4.69) is 6.58 Å². The van der Waals surface area contributed by atoms with E-state index in [1.54, 1.807) is 12.1 Å². The molecule has 1 aromatic heterocycles. The fourth-order valence-electron chi connectivity index (χ4n) is 1.22. The van der Waals surface area contributed by atoms with E-state index in [0.717, 1.165) is 19.0 Å². The molecular weight excluding hydrogens is 154 g/mol. The molecule has 0 aliphatic carbocycles. The maximum atomic E-state index is 10.3. The number of rotatable bonds is 2. The van der Waals surface area contributed by atoms with E-state index in [4.69, 9.17) is 4.42 Å². The molecule has 0 N–H and O–H groups in total. The maximum Gasteiger partial charge on any atom is 0.196 e. The summed E-state index contributed by atoms with van der Waals surface area (Å²) in [5.41, 5.74) is 1.19. The van der Waals surface area contributed by atoms with Gasteiger partial charge in [0.05, 0.1) is 0 Å². The molecule has 0 unspecified atom stereocenters. The highest BCUT2D eigenvalue weighted by atomic mass is 16.4. The van der Waals surface area contributed by atoms with Crippen LogP contribution in [0.3, 0.4) is 0 Å². The van der Waals surface area contributed by atoms with Crippen molar-refractivity contribution in [2.45, 2.75) is 0 Å². The predicted molar refractivity (Wildman–Crippen MR) is 45.4 cm³/mol. The third-order valence-corrected chi connectivity index (χ3v) is 1.87. The average Bonchev–Trinajstić information content (AvgIpc) is 2.46. The van der Waals surface area contributed by atoms with Gasteiger partial charge >= 0.3 is 0 Å². The number of aldehydes is 1. The minimum Gasteiger partial charge on any atom is -0.438 e. The molecule has 1 aliphatic rings. The van der Waals surface area contributed by atoms with Crippen LogP contribution < -0.4 is 4.90 Å². The quantitative estimate of drug-likeness (QED) is 0.489. The van der Waals surface area contributed by atoms with Crippen molar-refractivity contribution in [1.82, 2.24) is 0 Å². The molecule has 3 heteroatoms. The molecule has 0 aromatic carbocycles. The average molecular weight is 163 g/mol. The summed E-state index contributed by atoms with van der Waals surface area (Å²) in [7, 11) is 0. The zero-order valence-corrected chi connectivity index (χ0v) is 6.62. The van der Waals surface area contributed by atoms with Crippen molar-refractivity contribution in [3.63, 3.8) is 0 Å². The Balaban J connectivity index is 2.13. The molecule has 3 nitrogen and oxygen atoms in total. The Morgan fingerprint density at radius 1 is 1.50 bits per heavy atom. The molecule has 12 heavy (non-hydrogen) atoms. The lowest BCUT2D eigenvalue weighted by Crippen LogP contribution is -2.39. The third kappa shape index (κ3) is 1.03. The molecule has 0 amide bonds. The first-order chi connectivity index (χ1) is 5.79. The van der Waals surface area contributed by atoms with Crippen LogP contribution in [0, 0.1) is 0 Å². The Morgan fingerprint density at radius 2 is 2.25 bits per heavy atom. The highest BCUT2D eigenvalue weighted by molar-refractivity contribution is 5.71. The van der Waals surface area contributed by atoms with Gasteiger partial charge in [0.2, 0.25) is 0 Å². The summed E-state index contributed by atoms with van der Waals surface area (Å²) in [6.07, 6.45) is 0.706. The van der Waals surface area contributed by atoms with Crippen molar-refractivity contribution >= 4 is 12.2 Å². The summed E-state index contributed by atoms with van der Waals surface area (Å²) in [4.78, 5) is 12.3. The molecule has 0 spiro atoms. The lowest BCUT2D eigenvalue weighted by molar-refractivity contribution is 0.110. The second kappa shape index (κ2) is 2.52. The monoisotopic (exact) mass is 163 g/mol. The zero-order chi connectivity index (χ0) is 8.55. The topological polar surface area (TPSA) is 33.5 Å². The molecule has 0 radical (unpaired) electrons. The highest BCUT2D eigenvalue weighted by Gasteiger charge is 2.20. The Bertz CT molecular complexity index is 319. The molecular formula is C9H9NO2. The number of hydrogen-bond acceptors (Lipinski definition) is 3. The number of furan rings is 1. The SMILES string of the molecule is C=C1CN(c2ccc(C=O)o2)C1. The van der Waals surface area contributed by atoms with Crippen LogP contribution in [0.2, 0.25) is 0 Å². The number of anilines is 1. The fourth-order valence-corrected chi connectivity index (χ4v) is 1.22. The summed E-state index contributed by atoms with van der Waals surface area (Å²) < 4.78 is 5.20. The molecule has 0 atom stereocenters. The van der Waals surface area contributed by atoms with Crippen LogP contribution in [0.25, 0.3) is 0 Å². The van der Waals surface area contributed by atoms with Crippen LogP contribution in [0.1, 0.15) is 10.6 Å². The van der Waals surface area contributed by atoms with Crippen molar-refractivity contribution in [1.29, 1.82) is 0 Å². The molecule has 1 aliphatic heterocycles. The van der Waals surface area contributed by atoms with Gasteiger partial charge in [0.1, 0.15) is 0 Å².